The molecule has 146 valence electrons. The Labute approximate surface area is 173 Å². The van der Waals surface area contributed by atoms with Gasteiger partial charge in [-0.2, -0.15) is 0 Å². The first-order valence-electron chi connectivity index (χ1n) is 8.74. The van der Waals surface area contributed by atoms with Crippen molar-refractivity contribution in [3.8, 4) is 11.6 Å². The standard InChI is InChI=1S/C22H18ClN3O3/c1-15(27)25-18-7-2-16(3-8-18)4-12-21(28)26-19-9-13-22(24-14-19)29-20-10-5-17(23)6-11-20/h2-14H,1H3,(H,25,27)(H,26,28)/b12-4+. The number of nitrogens with zero attached hydrogens (tertiary/aromatic N) is 1. The normalized spacial score (nSPS) is 10.6. The zero-order valence-corrected chi connectivity index (χ0v) is 16.3. The summed E-state index contributed by atoms with van der Waals surface area (Å²) < 4.78 is 5.61. The average molecular weight is 408 g/mol. The SMILES string of the molecule is CC(=O)Nc1ccc(/C=C/C(=O)Nc2ccc(Oc3ccc(Cl)cc3)nc2)cc1. The number of hydrogen-bond acceptors (Lipinski definition) is 4. The van der Waals surface area contributed by atoms with Gasteiger partial charge in [-0.05, 0) is 54.1 Å². The van der Waals surface area contributed by atoms with Crippen molar-refractivity contribution in [3.05, 3.63) is 83.5 Å². The van der Waals surface area contributed by atoms with Crippen molar-refractivity contribution >= 4 is 40.9 Å². The first-order chi connectivity index (χ1) is 14.0. The number of aromatic nitrogens is 1. The average Bonchev–Trinajstić information content (AvgIpc) is 2.70. The van der Waals surface area contributed by atoms with E-state index in [0.717, 1.165) is 5.56 Å². The number of hydrogen-bond donors (Lipinski definition) is 2. The maximum Gasteiger partial charge on any atom is 0.248 e. The van der Waals surface area contributed by atoms with Crippen LogP contribution < -0.4 is 15.4 Å². The van der Waals surface area contributed by atoms with E-state index in [2.05, 4.69) is 15.6 Å². The van der Waals surface area contributed by atoms with Gasteiger partial charge in [-0.1, -0.05) is 23.7 Å². The second-order valence-electron chi connectivity index (χ2n) is 6.07. The predicted molar refractivity (Wildman–Crippen MR) is 114 cm³/mol. The van der Waals surface area contributed by atoms with Gasteiger partial charge in [0.25, 0.3) is 0 Å². The van der Waals surface area contributed by atoms with Gasteiger partial charge >= 0.3 is 0 Å². The number of nitrogens with one attached hydrogen (secondary N) is 2. The summed E-state index contributed by atoms with van der Waals surface area (Å²) in [4.78, 5) is 27.3. The Morgan fingerprint density at radius 3 is 2.24 bits per heavy atom. The Hall–Kier alpha value is -3.64. The molecule has 6 nitrogen and oxygen atoms in total. The number of ether oxygens (including phenoxy) is 1. The first kappa shape index (κ1) is 20.1. The number of anilines is 2. The molecule has 0 aliphatic heterocycles. The van der Waals surface area contributed by atoms with Crippen LogP contribution in [-0.4, -0.2) is 16.8 Å². The van der Waals surface area contributed by atoms with Gasteiger partial charge in [-0.15, -0.1) is 0 Å². The molecule has 0 spiro atoms. The van der Waals surface area contributed by atoms with Crippen LogP contribution in [0, 0.1) is 0 Å². The van der Waals surface area contributed by atoms with E-state index in [1.807, 2.05) is 0 Å². The molecular formula is C22H18ClN3O3. The van der Waals surface area contributed by atoms with Gasteiger partial charge < -0.3 is 15.4 Å². The van der Waals surface area contributed by atoms with Crippen molar-refractivity contribution < 1.29 is 14.3 Å². The fraction of sp³-hybridized carbons (Fsp3) is 0.0455. The molecule has 0 saturated carbocycles. The van der Waals surface area contributed by atoms with Gasteiger partial charge in [0.2, 0.25) is 17.7 Å². The molecule has 1 aromatic heterocycles. The minimum absolute atomic E-state index is 0.133. The van der Waals surface area contributed by atoms with Crippen LogP contribution in [0.4, 0.5) is 11.4 Å². The van der Waals surface area contributed by atoms with Crippen molar-refractivity contribution in [2.24, 2.45) is 0 Å². The molecule has 7 heteroatoms. The number of pyridine rings is 1. The van der Waals surface area contributed by atoms with Gasteiger partial charge in [-0.25, -0.2) is 4.98 Å². The third kappa shape index (κ3) is 6.48. The fourth-order valence-electron chi connectivity index (χ4n) is 2.37. The van der Waals surface area contributed by atoms with Crippen LogP contribution in [0.3, 0.4) is 0 Å². The van der Waals surface area contributed by atoms with Crippen LogP contribution in [0.1, 0.15) is 12.5 Å². The van der Waals surface area contributed by atoms with Crippen molar-refractivity contribution in [2.45, 2.75) is 6.92 Å². The molecule has 3 aromatic rings. The molecular weight excluding hydrogens is 390 g/mol. The summed E-state index contributed by atoms with van der Waals surface area (Å²) in [6.45, 7) is 1.45. The van der Waals surface area contributed by atoms with Crippen LogP contribution in [0.5, 0.6) is 11.6 Å². The first-order valence-corrected chi connectivity index (χ1v) is 9.12. The quantitative estimate of drug-likeness (QED) is 0.554. The van der Waals surface area contributed by atoms with Gasteiger partial charge in [0.05, 0.1) is 11.9 Å². The Balaban J connectivity index is 1.54. The van der Waals surface area contributed by atoms with Crippen LogP contribution in [0.2, 0.25) is 5.02 Å². The van der Waals surface area contributed by atoms with E-state index >= 15 is 0 Å². The predicted octanol–water partition coefficient (Wildman–Crippen LogP) is 5.14. The second-order valence-corrected chi connectivity index (χ2v) is 6.50. The number of amides is 2. The summed E-state index contributed by atoms with van der Waals surface area (Å²) in [5, 5.41) is 6.04. The fourth-order valence-corrected chi connectivity index (χ4v) is 2.50. The maximum atomic E-state index is 12.1. The van der Waals surface area contributed by atoms with E-state index in [1.54, 1.807) is 66.7 Å². The third-order valence-corrected chi connectivity index (χ3v) is 3.95. The lowest BCUT2D eigenvalue weighted by Gasteiger charge is -2.06. The van der Waals surface area contributed by atoms with Gasteiger partial charge in [-0.3, -0.25) is 9.59 Å². The lowest BCUT2D eigenvalue weighted by atomic mass is 10.2. The molecule has 0 atom stereocenters. The molecule has 1 heterocycles. The minimum Gasteiger partial charge on any atom is -0.439 e. The zero-order chi connectivity index (χ0) is 20.6. The van der Waals surface area contributed by atoms with Crippen molar-refractivity contribution in [2.75, 3.05) is 10.6 Å². The molecule has 2 aromatic carbocycles. The smallest absolute Gasteiger partial charge is 0.248 e. The zero-order valence-electron chi connectivity index (χ0n) is 15.6. The van der Waals surface area contributed by atoms with Crippen LogP contribution in [-0.2, 0) is 9.59 Å². The molecule has 0 aliphatic rings. The highest BCUT2D eigenvalue weighted by Gasteiger charge is 2.02. The lowest BCUT2D eigenvalue weighted by Crippen LogP contribution is -2.08. The topological polar surface area (TPSA) is 80.3 Å². The largest absolute Gasteiger partial charge is 0.439 e. The Morgan fingerprint density at radius 2 is 1.62 bits per heavy atom. The van der Waals surface area contributed by atoms with E-state index in [9.17, 15) is 9.59 Å². The number of rotatable bonds is 6. The van der Waals surface area contributed by atoms with Crippen molar-refractivity contribution in [1.82, 2.24) is 4.98 Å². The minimum atomic E-state index is -0.288. The third-order valence-electron chi connectivity index (χ3n) is 3.70. The molecule has 0 bridgehead atoms. The maximum absolute atomic E-state index is 12.1. The summed E-state index contributed by atoms with van der Waals surface area (Å²) in [5.74, 6) is 0.598. The highest BCUT2D eigenvalue weighted by Crippen LogP contribution is 2.22. The number of benzene rings is 2. The summed E-state index contributed by atoms with van der Waals surface area (Å²) in [5.41, 5.74) is 2.08. The van der Waals surface area contributed by atoms with E-state index in [1.165, 1.54) is 19.2 Å². The number of carbonyl (C=O) groups is 2. The van der Waals surface area contributed by atoms with E-state index in [-0.39, 0.29) is 11.8 Å². The molecule has 29 heavy (non-hydrogen) atoms. The highest BCUT2D eigenvalue weighted by atomic mass is 35.5. The van der Waals surface area contributed by atoms with Gasteiger partial charge in [0.1, 0.15) is 5.75 Å². The number of carbonyl (C=O) groups excluding carboxylic acids is 2. The number of halogens is 1. The molecule has 0 aliphatic carbocycles. The lowest BCUT2D eigenvalue weighted by molar-refractivity contribution is -0.114. The van der Waals surface area contributed by atoms with Gasteiger partial charge in [0, 0.05) is 29.8 Å². The second kappa shape index (κ2) is 9.52. The molecule has 0 saturated heterocycles. The highest BCUT2D eigenvalue weighted by molar-refractivity contribution is 6.30. The summed E-state index contributed by atoms with van der Waals surface area (Å²) in [6.07, 6.45) is 4.61. The summed E-state index contributed by atoms with van der Waals surface area (Å²) in [6, 6.07) is 17.4. The molecule has 0 radical (unpaired) electrons. The molecule has 2 N–H and O–H groups in total. The molecule has 3 rings (SSSR count). The summed E-state index contributed by atoms with van der Waals surface area (Å²) >= 11 is 5.84. The summed E-state index contributed by atoms with van der Waals surface area (Å²) in [7, 11) is 0. The molecule has 0 unspecified atom stereocenters. The van der Waals surface area contributed by atoms with Crippen LogP contribution in [0.15, 0.2) is 72.9 Å². The monoisotopic (exact) mass is 407 g/mol. The van der Waals surface area contributed by atoms with Crippen LogP contribution in [0.25, 0.3) is 6.08 Å². The Bertz CT molecular complexity index is 1010. The molecule has 2 amide bonds. The van der Waals surface area contributed by atoms with E-state index in [0.29, 0.717) is 28.0 Å². The van der Waals surface area contributed by atoms with Crippen LogP contribution >= 0.6 is 11.6 Å². The Morgan fingerprint density at radius 1 is 0.931 bits per heavy atom. The van der Waals surface area contributed by atoms with E-state index in [4.69, 9.17) is 16.3 Å². The molecule has 0 fully saturated rings. The van der Waals surface area contributed by atoms with Crippen molar-refractivity contribution in [3.63, 3.8) is 0 Å². The van der Waals surface area contributed by atoms with Gasteiger partial charge in [0.15, 0.2) is 0 Å². The van der Waals surface area contributed by atoms with E-state index < -0.39 is 0 Å². The van der Waals surface area contributed by atoms with Crippen molar-refractivity contribution in [1.29, 1.82) is 0 Å². The Kier molecular flexibility index (Phi) is 6.60.